The maximum absolute atomic E-state index is 5.75. The molecule has 2 saturated heterocycles. The quantitative estimate of drug-likeness (QED) is 0.909. The molecule has 0 aliphatic carbocycles. The van der Waals surface area contributed by atoms with Gasteiger partial charge in [-0.15, -0.1) is 0 Å². The van der Waals surface area contributed by atoms with Gasteiger partial charge in [0.2, 0.25) is 0 Å². The molecule has 3 aliphatic heterocycles. The second-order valence-corrected chi connectivity index (χ2v) is 6.83. The number of hydrogen-bond acceptors (Lipinski definition) is 4. The van der Waals surface area contributed by atoms with E-state index < -0.39 is 0 Å². The van der Waals surface area contributed by atoms with Crippen LogP contribution in [-0.2, 0) is 6.42 Å². The zero-order chi connectivity index (χ0) is 15.1. The number of methoxy groups -OCH3 is 2. The summed E-state index contributed by atoms with van der Waals surface area (Å²) in [7, 11) is 3.49. The first-order valence-electron chi connectivity index (χ1n) is 8.53. The van der Waals surface area contributed by atoms with Crippen molar-refractivity contribution in [2.75, 3.05) is 33.9 Å². The summed E-state index contributed by atoms with van der Waals surface area (Å²) in [5.74, 6) is 2.63. The molecule has 1 aromatic carbocycles. The van der Waals surface area contributed by atoms with Gasteiger partial charge in [-0.05, 0) is 49.8 Å². The lowest BCUT2D eigenvalue weighted by Crippen LogP contribution is -2.54. The van der Waals surface area contributed by atoms with Gasteiger partial charge >= 0.3 is 0 Å². The Balaban J connectivity index is 1.72. The summed E-state index contributed by atoms with van der Waals surface area (Å²) in [5.41, 5.74) is 2.81. The van der Waals surface area contributed by atoms with E-state index in [1.165, 1.54) is 50.0 Å². The summed E-state index contributed by atoms with van der Waals surface area (Å²) in [4.78, 5) is 2.68. The van der Waals surface area contributed by atoms with E-state index in [-0.39, 0.29) is 0 Å². The minimum atomic E-state index is 0.473. The Bertz CT molecular complexity index is 560. The molecule has 0 aromatic heterocycles. The van der Waals surface area contributed by atoms with Crippen molar-refractivity contribution in [3.05, 3.63) is 23.3 Å². The highest BCUT2D eigenvalue weighted by molar-refractivity contribution is 5.53. The van der Waals surface area contributed by atoms with Crippen molar-refractivity contribution in [2.24, 2.45) is 5.92 Å². The van der Waals surface area contributed by atoms with Gasteiger partial charge in [0, 0.05) is 30.7 Å². The summed E-state index contributed by atoms with van der Waals surface area (Å²) >= 11 is 0. The Morgan fingerprint density at radius 2 is 2.14 bits per heavy atom. The molecule has 0 unspecified atom stereocenters. The van der Waals surface area contributed by atoms with Crippen molar-refractivity contribution < 1.29 is 9.47 Å². The number of piperidine rings is 2. The van der Waals surface area contributed by atoms with Gasteiger partial charge in [0.1, 0.15) is 0 Å². The number of rotatable bonds is 2. The van der Waals surface area contributed by atoms with Crippen LogP contribution < -0.4 is 14.8 Å². The molecule has 4 rings (SSSR count). The molecule has 0 bridgehead atoms. The molecule has 0 radical (unpaired) electrons. The first-order chi connectivity index (χ1) is 10.8. The maximum Gasteiger partial charge on any atom is 0.165 e. The largest absolute Gasteiger partial charge is 0.493 e. The molecule has 4 heteroatoms. The Labute approximate surface area is 132 Å². The second-order valence-electron chi connectivity index (χ2n) is 6.83. The summed E-state index contributed by atoms with van der Waals surface area (Å²) in [5, 5.41) is 3.75. The molecule has 3 aliphatic rings. The average Bonchev–Trinajstić information content (AvgIpc) is 2.58. The molecule has 0 spiro atoms. The number of benzene rings is 1. The topological polar surface area (TPSA) is 33.7 Å². The Hall–Kier alpha value is -1.26. The fourth-order valence-corrected chi connectivity index (χ4v) is 4.72. The first-order valence-corrected chi connectivity index (χ1v) is 8.53. The minimum absolute atomic E-state index is 0.473. The van der Waals surface area contributed by atoms with E-state index in [9.17, 15) is 0 Å². The van der Waals surface area contributed by atoms with E-state index in [1.54, 1.807) is 14.2 Å². The van der Waals surface area contributed by atoms with Crippen LogP contribution in [0.25, 0.3) is 0 Å². The van der Waals surface area contributed by atoms with Crippen molar-refractivity contribution in [1.82, 2.24) is 10.2 Å². The van der Waals surface area contributed by atoms with E-state index in [0.717, 1.165) is 23.8 Å². The van der Waals surface area contributed by atoms with E-state index in [2.05, 4.69) is 22.3 Å². The standard InChI is InChI=1S/C18H26N2O2/c1-21-16-6-5-12-7-9-20-11-13-4-3-8-19-14(13)10-15(20)17(12)18(16)22-2/h5-6,13-15,19H,3-4,7-11H2,1-2H3/t13-,14+,15+/m1/s1. The van der Waals surface area contributed by atoms with Crippen molar-refractivity contribution in [3.63, 3.8) is 0 Å². The fourth-order valence-electron chi connectivity index (χ4n) is 4.72. The third-order valence-corrected chi connectivity index (χ3v) is 5.79. The van der Waals surface area contributed by atoms with Crippen LogP contribution >= 0.6 is 0 Å². The van der Waals surface area contributed by atoms with Crippen molar-refractivity contribution in [1.29, 1.82) is 0 Å². The molecule has 3 atom stereocenters. The number of hydrogen-bond donors (Lipinski definition) is 1. The molecule has 0 saturated carbocycles. The van der Waals surface area contributed by atoms with Crippen LogP contribution in [0.3, 0.4) is 0 Å². The monoisotopic (exact) mass is 302 g/mol. The van der Waals surface area contributed by atoms with Crippen LogP contribution in [0.4, 0.5) is 0 Å². The Morgan fingerprint density at radius 3 is 2.95 bits per heavy atom. The zero-order valence-corrected chi connectivity index (χ0v) is 13.6. The van der Waals surface area contributed by atoms with E-state index in [0.29, 0.717) is 12.1 Å². The number of nitrogens with zero attached hydrogens (tertiary/aromatic N) is 1. The Kier molecular flexibility index (Phi) is 3.74. The van der Waals surface area contributed by atoms with Gasteiger partial charge in [0.05, 0.1) is 14.2 Å². The molecule has 3 heterocycles. The van der Waals surface area contributed by atoms with Crippen LogP contribution in [0.5, 0.6) is 11.5 Å². The lowest BCUT2D eigenvalue weighted by molar-refractivity contribution is 0.0536. The van der Waals surface area contributed by atoms with Gasteiger partial charge in [0.25, 0.3) is 0 Å². The van der Waals surface area contributed by atoms with Gasteiger partial charge in [-0.1, -0.05) is 6.07 Å². The van der Waals surface area contributed by atoms with Gasteiger partial charge in [0.15, 0.2) is 11.5 Å². The highest BCUT2D eigenvalue weighted by atomic mass is 16.5. The first kappa shape index (κ1) is 14.3. The molecule has 22 heavy (non-hydrogen) atoms. The molecule has 1 N–H and O–H groups in total. The lowest BCUT2D eigenvalue weighted by atomic mass is 9.77. The smallest absolute Gasteiger partial charge is 0.165 e. The molecular formula is C18H26N2O2. The highest BCUT2D eigenvalue weighted by Gasteiger charge is 2.41. The van der Waals surface area contributed by atoms with Crippen molar-refractivity contribution in [2.45, 2.75) is 37.8 Å². The molecule has 120 valence electrons. The fraction of sp³-hybridized carbons (Fsp3) is 0.667. The second kappa shape index (κ2) is 5.74. The highest BCUT2D eigenvalue weighted by Crippen LogP contribution is 2.47. The van der Waals surface area contributed by atoms with E-state index >= 15 is 0 Å². The van der Waals surface area contributed by atoms with Crippen molar-refractivity contribution >= 4 is 0 Å². The van der Waals surface area contributed by atoms with E-state index in [1.807, 2.05) is 0 Å². The number of nitrogens with one attached hydrogen (secondary N) is 1. The van der Waals surface area contributed by atoms with Gasteiger partial charge in [-0.2, -0.15) is 0 Å². The zero-order valence-electron chi connectivity index (χ0n) is 13.6. The third-order valence-electron chi connectivity index (χ3n) is 5.79. The molecule has 2 fully saturated rings. The van der Waals surface area contributed by atoms with Crippen LogP contribution in [-0.4, -0.2) is 44.8 Å². The maximum atomic E-state index is 5.75. The third kappa shape index (κ3) is 2.20. The number of ether oxygens (including phenoxy) is 2. The SMILES string of the molecule is COc1ccc2c(c1OC)[C@@H]1C[C@@H]3NCCC[C@@H]3CN1CC2. The van der Waals surface area contributed by atoms with E-state index in [4.69, 9.17) is 9.47 Å². The summed E-state index contributed by atoms with van der Waals surface area (Å²) < 4.78 is 11.3. The molecular weight excluding hydrogens is 276 g/mol. The lowest BCUT2D eigenvalue weighted by Gasteiger charge is -2.49. The van der Waals surface area contributed by atoms with Gasteiger partial charge in [-0.3, -0.25) is 4.90 Å². The summed E-state index contributed by atoms with van der Waals surface area (Å²) in [6.45, 7) is 3.58. The predicted octanol–water partition coefficient (Wildman–Crippen LogP) is 2.37. The average molecular weight is 302 g/mol. The molecule has 1 aromatic rings. The van der Waals surface area contributed by atoms with Gasteiger partial charge in [-0.25, -0.2) is 0 Å². The van der Waals surface area contributed by atoms with Gasteiger partial charge < -0.3 is 14.8 Å². The minimum Gasteiger partial charge on any atom is -0.493 e. The summed E-state index contributed by atoms with van der Waals surface area (Å²) in [6, 6.07) is 5.42. The molecule has 0 amide bonds. The van der Waals surface area contributed by atoms with Crippen LogP contribution in [0.15, 0.2) is 12.1 Å². The predicted molar refractivity (Wildman–Crippen MR) is 86.7 cm³/mol. The van der Waals surface area contributed by atoms with Crippen LogP contribution in [0.1, 0.15) is 36.4 Å². The normalized spacial score (nSPS) is 30.9. The number of fused-ring (bicyclic) bond motifs is 4. The summed E-state index contributed by atoms with van der Waals surface area (Å²) in [6.07, 6.45) is 5.02. The Morgan fingerprint density at radius 1 is 1.23 bits per heavy atom. The van der Waals surface area contributed by atoms with Crippen LogP contribution in [0, 0.1) is 5.92 Å². The van der Waals surface area contributed by atoms with Crippen molar-refractivity contribution in [3.8, 4) is 11.5 Å². The van der Waals surface area contributed by atoms with Crippen LogP contribution in [0.2, 0.25) is 0 Å². The molecule has 4 nitrogen and oxygen atoms in total.